The quantitative estimate of drug-likeness (QED) is 0.748. The van der Waals surface area contributed by atoms with E-state index in [1.807, 2.05) is 13.8 Å². The van der Waals surface area contributed by atoms with E-state index in [1.165, 1.54) is 6.20 Å². The molecule has 0 bridgehead atoms. The van der Waals surface area contributed by atoms with Crippen LogP contribution in [0.3, 0.4) is 0 Å². The van der Waals surface area contributed by atoms with Crippen LogP contribution in [0.1, 0.15) is 13.8 Å². The Morgan fingerprint density at radius 2 is 2.14 bits per heavy atom. The van der Waals surface area contributed by atoms with Crippen molar-refractivity contribution in [1.29, 1.82) is 0 Å². The van der Waals surface area contributed by atoms with Crippen LogP contribution in [0.5, 0.6) is 0 Å². The second-order valence-corrected chi connectivity index (χ2v) is 3.64. The lowest BCUT2D eigenvalue weighted by Gasteiger charge is -2.23. The predicted molar refractivity (Wildman–Crippen MR) is 56.0 cm³/mol. The Bertz CT molecular complexity index is 283. The number of anilines is 2. The molecule has 0 unspecified atom stereocenters. The molecule has 0 fully saturated rings. The monoisotopic (exact) mass is 196 g/mol. The number of methoxy groups -OCH3 is 1. The molecule has 0 saturated heterocycles. The second-order valence-electron chi connectivity index (χ2n) is 3.64. The summed E-state index contributed by atoms with van der Waals surface area (Å²) >= 11 is 0. The summed E-state index contributed by atoms with van der Waals surface area (Å²) < 4.78 is 5.25. The van der Waals surface area contributed by atoms with Crippen LogP contribution in [0, 0.1) is 0 Å². The summed E-state index contributed by atoms with van der Waals surface area (Å²) in [6.45, 7) is 4.65. The molecule has 3 N–H and O–H groups in total. The molecule has 0 aliphatic heterocycles. The van der Waals surface area contributed by atoms with Crippen molar-refractivity contribution in [3.05, 3.63) is 12.4 Å². The summed E-state index contributed by atoms with van der Waals surface area (Å²) in [4.78, 5) is 7.98. The van der Waals surface area contributed by atoms with Gasteiger partial charge in [-0.3, -0.25) is 0 Å². The average Bonchev–Trinajstić information content (AvgIpc) is 2.17. The second kappa shape index (κ2) is 4.23. The lowest BCUT2D eigenvalue weighted by molar-refractivity contribution is 0.0343. The van der Waals surface area contributed by atoms with E-state index in [0.29, 0.717) is 18.2 Å². The molecule has 0 atom stereocenters. The molecular formula is C9H16N4O. The zero-order valence-corrected chi connectivity index (χ0v) is 8.74. The number of ether oxygens (including phenoxy) is 1. The van der Waals surface area contributed by atoms with E-state index in [4.69, 9.17) is 10.5 Å². The Morgan fingerprint density at radius 3 is 2.64 bits per heavy atom. The number of hydrogen-bond acceptors (Lipinski definition) is 5. The maximum absolute atomic E-state index is 5.41. The first-order valence-corrected chi connectivity index (χ1v) is 4.40. The maximum Gasteiger partial charge on any atom is 0.144 e. The standard InChI is InChI=1S/C9H16N4O/c1-9(2,14-3)6-13-8-5-11-7(10)4-12-8/h4-5H,6H2,1-3H3,(H2,10,11)(H,12,13). The highest BCUT2D eigenvalue weighted by atomic mass is 16.5. The van der Waals surface area contributed by atoms with Gasteiger partial charge in [0.15, 0.2) is 0 Å². The minimum Gasteiger partial charge on any atom is -0.382 e. The van der Waals surface area contributed by atoms with E-state index in [-0.39, 0.29) is 5.60 Å². The fourth-order valence-corrected chi connectivity index (χ4v) is 0.805. The van der Waals surface area contributed by atoms with Crippen molar-refractivity contribution >= 4 is 11.6 Å². The lowest BCUT2D eigenvalue weighted by atomic mass is 10.1. The van der Waals surface area contributed by atoms with Crippen LogP contribution in [0.4, 0.5) is 11.6 Å². The van der Waals surface area contributed by atoms with Crippen LogP contribution in [0.15, 0.2) is 12.4 Å². The fraction of sp³-hybridized carbons (Fsp3) is 0.556. The zero-order chi connectivity index (χ0) is 10.6. The first kappa shape index (κ1) is 10.7. The van der Waals surface area contributed by atoms with Crippen LogP contribution in [0.2, 0.25) is 0 Å². The average molecular weight is 196 g/mol. The summed E-state index contributed by atoms with van der Waals surface area (Å²) in [6.07, 6.45) is 3.11. The molecule has 1 aromatic rings. The van der Waals surface area contributed by atoms with E-state index in [1.54, 1.807) is 13.3 Å². The molecule has 0 aliphatic rings. The van der Waals surface area contributed by atoms with Gasteiger partial charge in [-0.1, -0.05) is 0 Å². The normalized spacial score (nSPS) is 11.4. The number of aromatic nitrogens is 2. The first-order valence-electron chi connectivity index (χ1n) is 4.40. The van der Waals surface area contributed by atoms with Gasteiger partial charge in [0, 0.05) is 13.7 Å². The SMILES string of the molecule is COC(C)(C)CNc1cnc(N)cn1. The number of nitrogen functional groups attached to an aromatic ring is 1. The largest absolute Gasteiger partial charge is 0.382 e. The van der Waals surface area contributed by atoms with Gasteiger partial charge >= 0.3 is 0 Å². The van der Waals surface area contributed by atoms with Gasteiger partial charge in [0.25, 0.3) is 0 Å². The zero-order valence-electron chi connectivity index (χ0n) is 8.74. The van der Waals surface area contributed by atoms with Gasteiger partial charge in [0.05, 0.1) is 18.0 Å². The first-order chi connectivity index (χ1) is 6.53. The Kier molecular flexibility index (Phi) is 3.24. The third kappa shape index (κ3) is 3.18. The third-order valence-corrected chi connectivity index (χ3v) is 1.92. The van der Waals surface area contributed by atoms with Gasteiger partial charge in [-0.05, 0) is 13.8 Å². The smallest absolute Gasteiger partial charge is 0.144 e. The minimum absolute atomic E-state index is 0.219. The molecule has 0 radical (unpaired) electrons. The summed E-state index contributed by atoms with van der Waals surface area (Å²) in [5.74, 6) is 1.12. The topological polar surface area (TPSA) is 73.1 Å². The van der Waals surface area contributed by atoms with Crippen molar-refractivity contribution in [2.24, 2.45) is 0 Å². The van der Waals surface area contributed by atoms with Crippen molar-refractivity contribution < 1.29 is 4.74 Å². The summed E-state index contributed by atoms with van der Waals surface area (Å²) in [5.41, 5.74) is 5.19. The van der Waals surface area contributed by atoms with Crippen molar-refractivity contribution in [3.63, 3.8) is 0 Å². The Labute approximate surface area is 83.7 Å². The van der Waals surface area contributed by atoms with Gasteiger partial charge in [-0.2, -0.15) is 0 Å². The lowest BCUT2D eigenvalue weighted by Crippen LogP contribution is -2.32. The third-order valence-electron chi connectivity index (χ3n) is 1.92. The van der Waals surface area contributed by atoms with Gasteiger partial charge in [0.1, 0.15) is 11.6 Å². The van der Waals surface area contributed by atoms with E-state index >= 15 is 0 Å². The van der Waals surface area contributed by atoms with Crippen LogP contribution in [0.25, 0.3) is 0 Å². The number of hydrogen-bond donors (Lipinski definition) is 2. The Morgan fingerprint density at radius 1 is 1.43 bits per heavy atom. The Hall–Kier alpha value is -1.36. The van der Waals surface area contributed by atoms with Crippen molar-refractivity contribution in [2.75, 3.05) is 24.7 Å². The van der Waals surface area contributed by atoms with Gasteiger partial charge in [-0.25, -0.2) is 9.97 Å². The number of nitrogens with zero attached hydrogens (tertiary/aromatic N) is 2. The summed E-state index contributed by atoms with van der Waals surface area (Å²) in [6, 6.07) is 0. The van der Waals surface area contributed by atoms with E-state index in [0.717, 1.165) is 0 Å². The Balaban J connectivity index is 2.50. The molecule has 0 spiro atoms. The molecule has 1 rings (SSSR count). The highest BCUT2D eigenvalue weighted by Gasteiger charge is 2.15. The molecule has 0 aromatic carbocycles. The minimum atomic E-state index is -0.219. The van der Waals surface area contributed by atoms with Crippen LogP contribution in [-0.2, 0) is 4.74 Å². The molecule has 5 nitrogen and oxygen atoms in total. The highest BCUT2D eigenvalue weighted by molar-refractivity contribution is 5.36. The maximum atomic E-state index is 5.41. The summed E-state index contributed by atoms with van der Waals surface area (Å²) in [5, 5.41) is 3.11. The van der Waals surface area contributed by atoms with Gasteiger partial charge < -0.3 is 15.8 Å². The molecule has 1 aromatic heterocycles. The molecule has 0 aliphatic carbocycles. The van der Waals surface area contributed by atoms with Crippen molar-refractivity contribution in [2.45, 2.75) is 19.4 Å². The van der Waals surface area contributed by atoms with Crippen molar-refractivity contribution in [1.82, 2.24) is 9.97 Å². The van der Waals surface area contributed by atoms with Crippen molar-refractivity contribution in [3.8, 4) is 0 Å². The number of nitrogens with one attached hydrogen (secondary N) is 1. The summed E-state index contributed by atoms with van der Waals surface area (Å²) in [7, 11) is 1.68. The highest BCUT2D eigenvalue weighted by Crippen LogP contribution is 2.09. The number of rotatable bonds is 4. The number of nitrogens with two attached hydrogens (primary N) is 1. The van der Waals surface area contributed by atoms with E-state index < -0.39 is 0 Å². The van der Waals surface area contributed by atoms with Crippen LogP contribution < -0.4 is 11.1 Å². The molecule has 78 valence electrons. The van der Waals surface area contributed by atoms with E-state index in [2.05, 4.69) is 15.3 Å². The van der Waals surface area contributed by atoms with Crippen LogP contribution in [-0.4, -0.2) is 29.2 Å². The van der Waals surface area contributed by atoms with Gasteiger partial charge in [0.2, 0.25) is 0 Å². The fourth-order valence-electron chi connectivity index (χ4n) is 0.805. The molecular weight excluding hydrogens is 180 g/mol. The predicted octanol–water partition coefficient (Wildman–Crippen LogP) is 0.896. The molecule has 1 heterocycles. The molecule has 5 heteroatoms. The molecule has 14 heavy (non-hydrogen) atoms. The van der Waals surface area contributed by atoms with Gasteiger partial charge in [-0.15, -0.1) is 0 Å². The molecule has 0 amide bonds. The van der Waals surface area contributed by atoms with Crippen LogP contribution >= 0.6 is 0 Å². The van der Waals surface area contributed by atoms with E-state index in [9.17, 15) is 0 Å². The molecule has 0 saturated carbocycles.